The van der Waals surface area contributed by atoms with Gasteiger partial charge in [0.2, 0.25) is 0 Å². The summed E-state index contributed by atoms with van der Waals surface area (Å²) in [4.78, 5) is 28.0. The standard InChI is InChI=1S/C18H19NO4/c1-4-22-18(21)14-11(3)19-10(2)13(14)15(20)17-16(23-17)12-8-6-5-7-9-12/h5-9,16-17,19H,4H2,1-3H3/t16-,17-/m1/s1. The van der Waals surface area contributed by atoms with E-state index in [2.05, 4.69) is 4.98 Å². The number of esters is 1. The van der Waals surface area contributed by atoms with E-state index in [0.717, 1.165) is 5.56 Å². The molecule has 1 saturated heterocycles. The summed E-state index contributed by atoms with van der Waals surface area (Å²) in [5.41, 5.74) is 2.97. The van der Waals surface area contributed by atoms with E-state index >= 15 is 0 Å². The Labute approximate surface area is 134 Å². The van der Waals surface area contributed by atoms with E-state index in [1.165, 1.54) is 0 Å². The predicted molar refractivity (Wildman–Crippen MR) is 84.6 cm³/mol. The zero-order valence-corrected chi connectivity index (χ0v) is 13.4. The fourth-order valence-corrected chi connectivity index (χ4v) is 2.90. The van der Waals surface area contributed by atoms with Crippen LogP contribution in [0.5, 0.6) is 0 Å². The minimum Gasteiger partial charge on any atom is -0.462 e. The molecule has 2 aromatic rings. The highest BCUT2D eigenvalue weighted by Gasteiger charge is 2.48. The normalized spacial score (nSPS) is 19.4. The number of ether oxygens (including phenoxy) is 2. The number of hydrogen-bond acceptors (Lipinski definition) is 4. The molecular weight excluding hydrogens is 294 g/mol. The number of aromatic nitrogens is 1. The molecule has 120 valence electrons. The molecule has 5 nitrogen and oxygen atoms in total. The Morgan fingerprint density at radius 1 is 1.13 bits per heavy atom. The molecule has 1 fully saturated rings. The van der Waals surface area contributed by atoms with E-state index in [1.807, 2.05) is 30.3 Å². The molecule has 0 bridgehead atoms. The van der Waals surface area contributed by atoms with Crippen molar-refractivity contribution in [3.05, 3.63) is 58.4 Å². The molecule has 0 spiro atoms. The number of benzene rings is 1. The molecule has 0 amide bonds. The molecule has 1 N–H and O–H groups in total. The van der Waals surface area contributed by atoms with Crippen molar-refractivity contribution in [2.24, 2.45) is 0 Å². The average molecular weight is 313 g/mol. The van der Waals surface area contributed by atoms with Crippen molar-refractivity contribution in [2.75, 3.05) is 6.61 Å². The molecule has 1 aromatic heterocycles. The van der Waals surface area contributed by atoms with Crippen LogP contribution in [0.15, 0.2) is 30.3 Å². The molecule has 2 heterocycles. The maximum Gasteiger partial charge on any atom is 0.340 e. The van der Waals surface area contributed by atoms with Gasteiger partial charge in [-0.05, 0) is 26.3 Å². The summed E-state index contributed by atoms with van der Waals surface area (Å²) >= 11 is 0. The van der Waals surface area contributed by atoms with Crippen molar-refractivity contribution < 1.29 is 19.1 Å². The largest absolute Gasteiger partial charge is 0.462 e. The van der Waals surface area contributed by atoms with Crippen LogP contribution in [-0.4, -0.2) is 29.4 Å². The molecule has 5 heteroatoms. The lowest BCUT2D eigenvalue weighted by atomic mass is 9.99. The van der Waals surface area contributed by atoms with Crippen LogP contribution < -0.4 is 0 Å². The fraction of sp³-hybridized carbons (Fsp3) is 0.333. The van der Waals surface area contributed by atoms with E-state index in [0.29, 0.717) is 22.5 Å². The molecule has 2 atom stereocenters. The number of aryl methyl sites for hydroxylation is 2. The van der Waals surface area contributed by atoms with E-state index in [9.17, 15) is 9.59 Å². The maximum atomic E-state index is 12.8. The lowest BCUT2D eigenvalue weighted by molar-refractivity contribution is 0.0522. The van der Waals surface area contributed by atoms with Gasteiger partial charge in [0.1, 0.15) is 6.10 Å². The molecule has 0 radical (unpaired) electrons. The number of aromatic amines is 1. The smallest absolute Gasteiger partial charge is 0.340 e. The zero-order chi connectivity index (χ0) is 16.6. The Balaban J connectivity index is 1.88. The van der Waals surface area contributed by atoms with Crippen molar-refractivity contribution in [2.45, 2.75) is 33.0 Å². The van der Waals surface area contributed by atoms with Crippen molar-refractivity contribution in [3.8, 4) is 0 Å². The Morgan fingerprint density at radius 3 is 2.43 bits per heavy atom. The summed E-state index contributed by atoms with van der Waals surface area (Å²) in [5, 5.41) is 0. The third-order valence-electron chi connectivity index (χ3n) is 3.98. The van der Waals surface area contributed by atoms with Crippen molar-refractivity contribution in [1.82, 2.24) is 4.98 Å². The number of ketones is 1. The van der Waals surface area contributed by atoms with Gasteiger partial charge in [-0.1, -0.05) is 30.3 Å². The Morgan fingerprint density at radius 2 is 1.78 bits per heavy atom. The van der Waals surface area contributed by atoms with Gasteiger partial charge < -0.3 is 14.5 Å². The highest BCUT2D eigenvalue weighted by Crippen LogP contribution is 2.41. The first kappa shape index (κ1) is 15.5. The minimum absolute atomic E-state index is 0.177. The second-order valence-corrected chi connectivity index (χ2v) is 5.60. The van der Waals surface area contributed by atoms with Crippen LogP contribution in [0, 0.1) is 13.8 Å². The molecule has 1 aliphatic heterocycles. The first-order valence-electron chi connectivity index (χ1n) is 7.65. The Bertz CT molecular complexity index is 748. The number of rotatable bonds is 5. The van der Waals surface area contributed by atoms with E-state index in [4.69, 9.17) is 9.47 Å². The van der Waals surface area contributed by atoms with Crippen LogP contribution in [0.2, 0.25) is 0 Å². The van der Waals surface area contributed by atoms with Gasteiger partial charge in [-0.25, -0.2) is 4.79 Å². The summed E-state index contributed by atoms with van der Waals surface area (Å²) in [6, 6.07) is 9.60. The number of Topliss-reactive ketones (excluding diaryl/α,β-unsaturated/α-hetero) is 1. The summed E-state index contributed by atoms with van der Waals surface area (Å²) in [5.74, 6) is -0.654. The summed E-state index contributed by atoms with van der Waals surface area (Å²) < 4.78 is 10.6. The van der Waals surface area contributed by atoms with Crippen LogP contribution in [0.1, 0.15) is 50.7 Å². The van der Waals surface area contributed by atoms with E-state index in [1.54, 1.807) is 20.8 Å². The molecule has 0 saturated carbocycles. The second-order valence-electron chi connectivity index (χ2n) is 5.60. The van der Waals surface area contributed by atoms with Gasteiger partial charge in [-0.15, -0.1) is 0 Å². The number of hydrogen-bond donors (Lipinski definition) is 1. The quantitative estimate of drug-likeness (QED) is 0.523. The first-order valence-corrected chi connectivity index (χ1v) is 7.65. The van der Waals surface area contributed by atoms with Gasteiger partial charge in [0.05, 0.1) is 17.7 Å². The van der Waals surface area contributed by atoms with Crippen molar-refractivity contribution >= 4 is 11.8 Å². The van der Waals surface area contributed by atoms with Gasteiger partial charge >= 0.3 is 5.97 Å². The lowest BCUT2D eigenvalue weighted by Crippen LogP contribution is -2.15. The number of H-pyrrole nitrogens is 1. The topological polar surface area (TPSA) is 71.7 Å². The Hall–Kier alpha value is -2.40. The molecular formula is C18H19NO4. The van der Waals surface area contributed by atoms with E-state index < -0.39 is 12.1 Å². The average Bonchev–Trinajstić information content (AvgIpc) is 3.27. The van der Waals surface area contributed by atoms with Crippen molar-refractivity contribution in [3.63, 3.8) is 0 Å². The third kappa shape index (κ3) is 2.80. The number of carbonyl (C=O) groups is 2. The number of carbonyl (C=O) groups excluding carboxylic acids is 2. The van der Waals surface area contributed by atoms with Crippen LogP contribution in [0.3, 0.4) is 0 Å². The van der Waals surface area contributed by atoms with Crippen LogP contribution >= 0.6 is 0 Å². The lowest BCUT2D eigenvalue weighted by Gasteiger charge is -2.04. The van der Waals surface area contributed by atoms with Crippen LogP contribution in [0.25, 0.3) is 0 Å². The van der Waals surface area contributed by atoms with Gasteiger partial charge in [-0.3, -0.25) is 4.79 Å². The number of nitrogens with one attached hydrogen (secondary N) is 1. The Kier molecular flexibility index (Phi) is 4.05. The fourth-order valence-electron chi connectivity index (χ4n) is 2.90. The summed E-state index contributed by atoms with van der Waals surface area (Å²) in [7, 11) is 0. The molecule has 0 unspecified atom stereocenters. The van der Waals surface area contributed by atoms with Gasteiger partial charge in [-0.2, -0.15) is 0 Å². The molecule has 23 heavy (non-hydrogen) atoms. The summed E-state index contributed by atoms with van der Waals surface area (Å²) in [6.45, 7) is 5.55. The highest BCUT2D eigenvalue weighted by molar-refractivity contribution is 6.11. The van der Waals surface area contributed by atoms with Gasteiger partial charge in [0.15, 0.2) is 11.9 Å². The highest BCUT2D eigenvalue weighted by atomic mass is 16.6. The minimum atomic E-state index is -0.542. The predicted octanol–water partition coefficient (Wildman–Crippen LogP) is 3.13. The molecule has 3 rings (SSSR count). The maximum absolute atomic E-state index is 12.8. The molecule has 1 aliphatic rings. The van der Waals surface area contributed by atoms with Crippen LogP contribution in [-0.2, 0) is 9.47 Å². The monoisotopic (exact) mass is 313 g/mol. The molecule has 0 aliphatic carbocycles. The van der Waals surface area contributed by atoms with Gasteiger partial charge in [0, 0.05) is 11.4 Å². The SMILES string of the molecule is CCOC(=O)c1c(C)[nH]c(C)c1C(=O)[C@H]1O[C@@H]1c1ccccc1. The van der Waals surface area contributed by atoms with Gasteiger partial charge in [0.25, 0.3) is 0 Å². The summed E-state index contributed by atoms with van der Waals surface area (Å²) in [6.07, 6.45) is -0.784. The second kappa shape index (κ2) is 6.01. The van der Waals surface area contributed by atoms with E-state index in [-0.39, 0.29) is 18.5 Å². The number of epoxide rings is 1. The third-order valence-corrected chi connectivity index (χ3v) is 3.98. The first-order chi connectivity index (χ1) is 11.0. The van der Waals surface area contributed by atoms with Crippen molar-refractivity contribution in [1.29, 1.82) is 0 Å². The zero-order valence-electron chi connectivity index (χ0n) is 13.4. The van der Waals surface area contributed by atoms with Crippen LogP contribution in [0.4, 0.5) is 0 Å². The molecule has 1 aromatic carbocycles.